The average Bonchev–Trinajstić information content (AvgIpc) is 2.70. The van der Waals surface area contributed by atoms with Gasteiger partial charge in [0.1, 0.15) is 6.04 Å². The second-order valence-electron chi connectivity index (χ2n) is 4.87. The van der Waals surface area contributed by atoms with Crippen LogP contribution in [0.4, 0.5) is 0 Å². The van der Waals surface area contributed by atoms with Crippen LogP contribution in [0.25, 0.3) is 5.78 Å². The first kappa shape index (κ1) is 13.5. The van der Waals surface area contributed by atoms with Gasteiger partial charge in [0.05, 0.1) is 5.69 Å². The number of carboxylic acid groups (broad SMARTS) is 1. The zero-order valence-electron chi connectivity index (χ0n) is 11.6. The van der Waals surface area contributed by atoms with Crippen molar-refractivity contribution in [2.24, 2.45) is 0 Å². The van der Waals surface area contributed by atoms with Crippen molar-refractivity contribution in [3.8, 4) is 0 Å². The Morgan fingerprint density at radius 3 is 2.79 bits per heavy atom. The molecule has 0 spiro atoms. The molecule has 1 unspecified atom stereocenters. The third-order valence-corrected chi connectivity index (χ3v) is 3.24. The minimum absolute atomic E-state index is 0.481. The zero-order valence-corrected chi connectivity index (χ0v) is 11.6. The van der Waals surface area contributed by atoms with Crippen LogP contribution in [0.1, 0.15) is 24.0 Å². The van der Waals surface area contributed by atoms with E-state index in [4.69, 9.17) is 5.11 Å². The van der Waals surface area contributed by atoms with E-state index >= 15 is 0 Å². The molecule has 0 radical (unpaired) electrons. The predicted octanol–water partition coefficient (Wildman–Crippen LogP) is 1.25. The van der Waals surface area contributed by atoms with Crippen molar-refractivity contribution in [2.75, 3.05) is 7.05 Å². The van der Waals surface area contributed by atoms with E-state index in [1.807, 2.05) is 30.5 Å². The highest BCUT2D eigenvalue weighted by Crippen LogP contribution is 2.11. The Balaban J connectivity index is 2.27. The first-order valence-corrected chi connectivity index (χ1v) is 6.13. The highest BCUT2D eigenvalue weighted by atomic mass is 16.4. The Kier molecular flexibility index (Phi) is 3.53. The van der Waals surface area contributed by atoms with E-state index in [2.05, 4.69) is 9.97 Å². The number of aliphatic carboxylic acids is 1. The lowest BCUT2D eigenvalue weighted by atomic mass is 10.3. The molecule has 0 saturated heterocycles. The van der Waals surface area contributed by atoms with Gasteiger partial charge in [-0.1, -0.05) is 0 Å². The van der Waals surface area contributed by atoms with Crippen LogP contribution in [-0.4, -0.2) is 43.4 Å². The summed E-state index contributed by atoms with van der Waals surface area (Å²) in [6.45, 7) is 6.07. The summed E-state index contributed by atoms with van der Waals surface area (Å²) in [6, 6.07) is 1.45. The number of carbonyl (C=O) groups is 1. The predicted molar refractivity (Wildman–Crippen MR) is 71.0 cm³/mol. The standard InChI is InChI=1S/C13H18N4O2/c1-8-5-9(2)17-7-11(15-13(17)14-8)6-16(4)10(3)12(18)19/h5,7,10H,6H2,1-4H3,(H,18,19). The summed E-state index contributed by atoms with van der Waals surface area (Å²) in [5.41, 5.74) is 2.81. The van der Waals surface area contributed by atoms with E-state index in [-0.39, 0.29) is 0 Å². The molecule has 6 heteroatoms. The molecule has 1 N–H and O–H groups in total. The van der Waals surface area contributed by atoms with Crippen LogP contribution >= 0.6 is 0 Å². The molecule has 0 aliphatic carbocycles. The maximum Gasteiger partial charge on any atom is 0.320 e. The first-order valence-electron chi connectivity index (χ1n) is 6.13. The van der Waals surface area contributed by atoms with Crippen LogP contribution in [0.3, 0.4) is 0 Å². The van der Waals surface area contributed by atoms with Gasteiger partial charge in [-0.25, -0.2) is 9.97 Å². The van der Waals surface area contributed by atoms with Gasteiger partial charge in [-0.2, -0.15) is 0 Å². The molecular weight excluding hydrogens is 244 g/mol. The fourth-order valence-electron chi connectivity index (χ4n) is 1.98. The lowest BCUT2D eigenvalue weighted by Gasteiger charge is -2.19. The number of hydrogen-bond acceptors (Lipinski definition) is 4. The van der Waals surface area contributed by atoms with E-state index in [9.17, 15) is 4.79 Å². The van der Waals surface area contributed by atoms with Crippen molar-refractivity contribution in [2.45, 2.75) is 33.4 Å². The molecule has 0 aliphatic rings. The maximum absolute atomic E-state index is 10.9. The van der Waals surface area contributed by atoms with Crippen LogP contribution in [0, 0.1) is 13.8 Å². The molecule has 0 saturated carbocycles. The Labute approximate surface area is 111 Å². The fourth-order valence-corrected chi connectivity index (χ4v) is 1.98. The lowest BCUT2D eigenvalue weighted by Crippen LogP contribution is -2.35. The number of aromatic nitrogens is 3. The molecule has 0 aliphatic heterocycles. The minimum atomic E-state index is -0.837. The van der Waals surface area contributed by atoms with Crippen molar-refractivity contribution in [3.63, 3.8) is 0 Å². The van der Waals surface area contributed by atoms with Gasteiger partial charge >= 0.3 is 5.97 Å². The maximum atomic E-state index is 10.9. The number of nitrogens with zero attached hydrogens (tertiary/aromatic N) is 4. The van der Waals surface area contributed by atoms with Crippen molar-refractivity contribution in [3.05, 3.63) is 29.3 Å². The Morgan fingerprint density at radius 1 is 1.47 bits per heavy atom. The molecule has 0 bridgehead atoms. The number of imidazole rings is 1. The smallest absolute Gasteiger partial charge is 0.320 e. The van der Waals surface area contributed by atoms with Crippen LogP contribution in [0.2, 0.25) is 0 Å². The van der Waals surface area contributed by atoms with Gasteiger partial charge < -0.3 is 5.11 Å². The topological polar surface area (TPSA) is 70.7 Å². The van der Waals surface area contributed by atoms with E-state index in [1.165, 1.54) is 0 Å². The summed E-state index contributed by atoms with van der Waals surface area (Å²) in [4.78, 5) is 21.5. The number of rotatable bonds is 4. The largest absolute Gasteiger partial charge is 0.480 e. The summed E-state index contributed by atoms with van der Waals surface area (Å²) >= 11 is 0. The van der Waals surface area contributed by atoms with Gasteiger partial charge in [-0.05, 0) is 33.9 Å². The number of hydrogen-bond donors (Lipinski definition) is 1. The highest BCUT2D eigenvalue weighted by Gasteiger charge is 2.18. The van der Waals surface area contributed by atoms with E-state index < -0.39 is 12.0 Å². The number of carboxylic acids is 1. The molecule has 2 rings (SSSR count). The normalized spacial score (nSPS) is 13.1. The summed E-state index contributed by atoms with van der Waals surface area (Å²) < 4.78 is 1.92. The van der Waals surface area contributed by atoms with Crippen LogP contribution in [0.5, 0.6) is 0 Å². The molecule has 2 heterocycles. The van der Waals surface area contributed by atoms with Crippen molar-refractivity contribution < 1.29 is 9.90 Å². The van der Waals surface area contributed by atoms with E-state index in [0.717, 1.165) is 17.1 Å². The minimum Gasteiger partial charge on any atom is -0.480 e. The SMILES string of the molecule is Cc1cc(C)n2cc(CN(C)C(C)C(=O)O)nc2n1. The van der Waals surface area contributed by atoms with Crippen LogP contribution in [0.15, 0.2) is 12.3 Å². The molecule has 2 aromatic rings. The van der Waals surface area contributed by atoms with Crippen molar-refractivity contribution in [1.29, 1.82) is 0 Å². The van der Waals surface area contributed by atoms with Crippen LogP contribution in [-0.2, 0) is 11.3 Å². The van der Waals surface area contributed by atoms with Gasteiger partial charge in [-0.3, -0.25) is 14.1 Å². The second kappa shape index (κ2) is 4.97. The molecule has 102 valence electrons. The molecule has 0 amide bonds. The molecule has 0 aromatic carbocycles. The van der Waals surface area contributed by atoms with Gasteiger partial charge in [0.2, 0.25) is 5.78 Å². The third kappa shape index (κ3) is 2.73. The second-order valence-corrected chi connectivity index (χ2v) is 4.87. The molecule has 1 atom stereocenters. The van der Waals surface area contributed by atoms with Crippen molar-refractivity contribution >= 4 is 11.7 Å². The molecular formula is C13H18N4O2. The van der Waals surface area contributed by atoms with Crippen LogP contribution < -0.4 is 0 Å². The Morgan fingerprint density at radius 2 is 2.16 bits per heavy atom. The van der Waals surface area contributed by atoms with Gasteiger partial charge in [-0.15, -0.1) is 0 Å². The highest BCUT2D eigenvalue weighted by molar-refractivity contribution is 5.72. The molecule has 2 aromatic heterocycles. The fraction of sp³-hybridized carbons (Fsp3) is 0.462. The summed E-state index contributed by atoms with van der Waals surface area (Å²) in [6.07, 6.45) is 1.90. The molecule has 19 heavy (non-hydrogen) atoms. The number of fused-ring (bicyclic) bond motifs is 1. The molecule has 6 nitrogen and oxygen atoms in total. The number of aryl methyl sites for hydroxylation is 2. The first-order chi connectivity index (χ1) is 8.88. The average molecular weight is 262 g/mol. The Hall–Kier alpha value is -1.95. The number of likely N-dealkylation sites (N-methyl/N-ethyl adjacent to an activating group) is 1. The van der Waals surface area contributed by atoms with Gasteiger partial charge in [0, 0.05) is 24.1 Å². The van der Waals surface area contributed by atoms with Crippen molar-refractivity contribution in [1.82, 2.24) is 19.3 Å². The monoisotopic (exact) mass is 262 g/mol. The van der Waals surface area contributed by atoms with Gasteiger partial charge in [0.25, 0.3) is 0 Å². The lowest BCUT2D eigenvalue weighted by molar-refractivity contribution is -0.142. The third-order valence-electron chi connectivity index (χ3n) is 3.24. The van der Waals surface area contributed by atoms with E-state index in [0.29, 0.717) is 12.3 Å². The zero-order chi connectivity index (χ0) is 14.2. The van der Waals surface area contributed by atoms with E-state index in [1.54, 1.807) is 18.9 Å². The molecule has 0 fully saturated rings. The van der Waals surface area contributed by atoms with Gasteiger partial charge in [0.15, 0.2) is 0 Å². The summed E-state index contributed by atoms with van der Waals surface area (Å²) in [5, 5.41) is 8.97. The quantitative estimate of drug-likeness (QED) is 0.898. The summed E-state index contributed by atoms with van der Waals surface area (Å²) in [7, 11) is 1.77. The Bertz CT molecular complexity index is 620. The summed E-state index contributed by atoms with van der Waals surface area (Å²) in [5.74, 6) is -0.180.